The summed E-state index contributed by atoms with van der Waals surface area (Å²) < 4.78 is 26.7. The molecule has 10 heteroatoms. The van der Waals surface area contributed by atoms with Crippen molar-refractivity contribution in [1.82, 2.24) is 19.4 Å². The number of carbonyl (C=O) groups is 1. The van der Waals surface area contributed by atoms with Crippen LogP contribution in [0.15, 0.2) is 28.6 Å². The number of anilines is 1. The van der Waals surface area contributed by atoms with E-state index in [1.165, 1.54) is 22.4 Å². The SMILES string of the molecule is CC(=O)Nc1nnc(S(=O)(=O)N2CCN(Cc3ccc(C)cc3)CC2)s1. The summed E-state index contributed by atoms with van der Waals surface area (Å²) in [5.74, 6) is -0.310. The second kappa shape index (κ2) is 7.78. The topological polar surface area (TPSA) is 95.5 Å². The van der Waals surface area contributed by atoms with Crippen LogP contribution in [-0.4, -0.2) is 59.9 Å². The van der Waals surface area contributed by atoms with Gasteiger partial charge in [0.15, 0.2) is 0 Å². The van der Waals surface area contributed by atoms with Gasteiger partial charge in [0.25, 0.3) is 10.0 Å². The van der Waals surface area contributed by atoms with Crippen LogP contribution in [0.3, 0.4) is 0 Å². The second-order valence-electron chi connectivity index (χ2n) is 6.22. The maximum absolute atomic E-state index is 12.7. The van der Waals surface area contributed by atoms with E-state index >= 15 is 0 Å². The van der Waals surface area contributed by atoms with Crippen LogP contribution in [0.2, 0.25) is 0 Å². The number of amides is 1. The molecule has 8 nitrogen and oxygen atoms in total. The molecule has 1 saturated heterocycles. The fraction of sp³-hybridized carbons (Fsp3) is 0.438. The number of carbonyl (C=O) groups excluding carboxylic acids is 1. The van der Waals surface area contributed by atoms with Crippen molar-refractivity contribution in [2.45, 2.75) is 24.7 Å². The number of piperazine rings is 1. The lowest BCUT2D eigenvalue weighted by atomic mass is 10.1. The molecular formula is C16H21N5O3S2. The van der Waals surface area contributed by atoms with Gasteiger partial charge < -0.3 is 5.32 Å². The first-order chi connectivity index (χ1) is 12.3. The van der Waals surface area contributed by atoms with E-state index in [2.05, 4.69) is 51.6 Å². The molecule has 0 aliphatic carbocycles. The lowest BCUT2D eigenvalue weighted by molar-refractivity contribution is -0.114. The summed E-state index contributed by atoms with van der Waals surface area (Å²) >= 11 is 0.869. The first kappa shape index (κ1) is 18.9. The lowest BCUT2D eigenvalue weighted by Crippen LogP contribution is -2.48. The minimum atomic E-state index is -3.68. The summed E-state index contributed by atoms with van der Waals surface area (Å²) in [7, 11) is -3.68. The zero-order valence-corrected chi connectivity index (χ0v) is 16.3. The van der Waals surface area contributed by atoms with Gasteiger partial charge in [-0.3, -0.25) is 9.69 Å². The fourth-order valence-electron chi connectivity index (χ4n) is 2.71. The molecule has 0 atom stereocenters. The molecule has 1 aliphatic rings. The minimum absolute atomic E-state index is 0.0896. The molecule has 1 aromatic carbocycles. The second-order valence-corrected chi connectivity index (χ2v) is 9.31. The molecule has 1 aliphatic heterocycles. The van der Waals surface area contributed by atoms with E-state index in [1.807, 2.05) is 0 Å². The molecule has 2 aromatic rings. The van der Waals surface area contributed by atoms with E-state index < -0.39 is 10.0 Å². The van der Waals surface area contributed by atoms with Gasteiger partial charge in [-0.2, -0.15) is 4.31 Å². The molecule has 0 bridgehead atoms. The summed E-state index contributed by atoms with van der Waals surface area (Å²) in [6.07, 6.45) is 0. The monoisotopic (exact) mass is 395 g/mol. The van der Waals surface area contributed by atoms with Crippen molar-refractivity contribution in [1.29, 1.82) is 0 Å². The zero-order valence-electron chi connectivity index (χ0n) is 14.7. The Kier molecular flexibility index (Phi) is 5.66. The van der Waals surface area contributed by atoms with Crippen molar-refractivity contribution >= 4 is 32.4 Å². The number of rotatable bonds is 5. The third-order valence-corrected chi connectivity index (χ3v) is 7.19. The normalized spacial score (nSPS) is 16.5. The molecule has 26 heavy (non-hydrogen) atoms. The Hall–Kier alpha value is -1.88. The van der Waals surface area contributed by atoms with Gasteiger partial charge in [0, 0.05) is 39.6 Å². The summed E-state index contributed by atoms with van der Waals surface area (Å²) in [5, 5.41) is 10.1. The fourth-order valence-corrected chi connectivity index (χ4v) is 5.21. The van der Waals surface area contributed by atoms with Crippen LogP contribution in [0, 0.1) is 6.92 Å². The highest BCUT2D eigenvalue weighted by Crippen LogP contribution is 2.24. The largest absolute Gasteiger partial charge is 0.301 e. The molecule has 0 unspecified atom stereocenters. The summed E-state index contributed by atoms with van der Waals surface area (Å²) in [4.78, 5) is 13.3. The number of hydrogen-bond acceptors (Lipinski definition) is 7. The van der Waals surface area contributed by atoms with E-state index in [9.17, 15) is 13.2 Å². The first-order valence-electron chi connectivity index (χ1n) is 8.24. The van der Waals surface area contributed by atoms with E-state index in [1.54, 1.807) is 0 Å². The highest BCUT2D eigenvalue weighted by molar-refractivity contribution is 7.91. The van der Waals surface area contributed by atoms with Crippen LogP contribution in [0.25, 0.3) is 0 Å². The molecule has 140 valence electrons. The number of nitrogens with one attached hydrogen (secondary N) is 1. The Bertz CT molecular complexity index is 872. The van der Waals surface area contributed by atoms with Gasteiger partial charge >= 0.3 is 0 Å². The van der Waals surface area contributed by atoms with Gasteiger partial charge in [0.05, 0.1) is 0 Å². The van der Waals surface area contributed by atoms with Crippen LogP contribution < -0.4 is 5.32 Å². The van der Waals surface area contributed by atoms with Crippen molar-refractivity contribution in [2.75, 3.05) is 31.5 Å². The smallest absolute Gasteiger partial charge is 0.272 e. The van der Waals surface area contributed by atoms with Crippen LogP contribution in [0.5, 0.6) is 0 Å². The minimum Gasteiger partial charge on any atom is -0.301 e. The van der Waals surface area contributed by atoms with E-state index in [-0.39, 0.29) is 15.4 Å². The van der Waals surface area contributed by atoms with Gasteiger partial charge in [-0.1, -0.05) is 41.2 Å². The lowest BCUT2D eigenvalue weighted by Gasteiger charge is -2.33. The zero-order chi connectivity index (χ0) is 18.7. The number of aromatic nitrogens is 2. The van der Waals surface area contributed by atoms with Gasteiger partial charge in [-0.05, 0) is 12.5 Å². The number of sulfonamides is 1. The van der Waals surface area contributed by atoms with Gasteiger partial charge in [-0.15, -0.1) is 10.2 Å². The molecule has 1 N–H and O–H groups in total. The molecule has 0 saturated carbocycles. The third kappa shape index (κ3) is 4.44. The number of hydrogen-bond donors (Lipinski definition) is 1. The van der Waals surface area contributed by atoms with E-state index in [0.29, 0.717) is 26.2 Å². The predicted molar refractivity (Wildman–Crippen MR) is 99.4 cm³/mol. The van der Waals surface area contributed by atoms with Crippen LogP contribution in [-0.2, 0) is 21.4 Å². The summed E-state index contributed by atoms with van der Waals surface area (Å²) in [6.45, 7) is 6.32. The molecular weight excluding hydrogens is 374 g/mol. The van der Waals surface area contributed by atoms with Crippen LogP contribution >= 0.6 is 11.3 Å². The number of aryl methyl sites for hydroxylation is 1. The van der Waals surface area contributed by atoms with Crippen LogP contribution in [0.4, 0.5) is 5.13 Å². The highest BCUT2D eigenvalue weighted by Gasteiger charge is 2.31. The molecule has 3 rings (SSSR count). The average Bonchev–Trinajstić information content (AvgIpc) is 3.06. The summed E-state index contributed by atoms with van der Waals surface area (Å²) in [6, 6.07) is 8.36. The Morgan fingerprint density at radius 3 is 2.42 bits per heavy atom. The van der Waals surface area contributed by atoms with E-state index in [4.69, 9.17) is 0 Å². The quantitative estimate of drug-likeness (QED) is 0.767. The Labute approximate surface area is 156 Å². The predicted octanol–water partition coefficient (Wildman–Crippen LogP) is 1.31. The number of nitrogens with zero attached hydrogens (tertiary/aromatic N) is 4. The standard InChI is InChI=1S/C16H21N5O3S2/c1-12-3-5-14(6-4-12)11-20-7-9-21(10-8-20)26(23,24)16-19-18-15(25-16)17-13(2)22/h3-6H,7-11H2,1-2H3,(H,17,18,22). The Balaban J connectivity index is 1.60. The van der Waals surface area contributed by atoms with Crippen molar-refractivity contribution in [3.05, 3.63) is 35.4 Å². The van der Waals surface area contributed by atoms with Gasteiger partial charge in [0.2, 0.25) is 15.4 Å². The number of benzene rings is 1. The van der Waals surface area contributed by atoms with Crippen LogP contribution in [0.1, 0.15) is 18.1 Å². The Morgan fingerprint density at radius 2 is 1.81 bits per heavy atom. The molecule has 1 fully saturated rings. The van der Waals surface area contributed by atoms with Crippen molar-refractivity contribution in [3.8, 4) is 0 Å². The maximum Gasteiger partial charge on any atom is 0.272 e. The summed E-state index contributed by atoms with van der Waals surface area (Å²) in [5.41, 5.74) is 2.44. The van der Waals surface area contributed by atoms with Crippen molar-refractivity contribution < 1.29 is 13.2 Å². The maximum atomic E-state index is 12.7. The first-order valence-corrected chi connectivity index (χ1v) is 10.5. The van der Waals surface area contributed by atoms with E-state index in [0.717, 1.165) is 17.9 Å². The molecule has 0 spiro atoms. The average molecular weight is 396 g/mol. The molecule has 2 heterocycles. The third-order valence-electron chi connectivity index (χ3n) is 4.11. The molecule has 1 amide bonds. The highest BCUT2D eigenvalue weighted by atomic mass is 32.2. The molecule has 0 radical (unpaired) electrons. The van der Waals surface area contributed by atoms with Crippen molar-refractivity contribution in [3.63, 3.8) is 0 Å². The van der Waals surface area contributed by atoms with Gasteiger partial charge in [0.1, 0.15) is 0 Å². The van der Waals surface area contributed by atoms with Crippen molar-refractivity contribution in [2.24, 2.45) is 0 Å². The van der Waals surface area contributed by atoms with Gasteiger partial charge in [-0.25, -0.2) is 8.42 Å². The Morgan fingerprint density at radius 1 is 1.15 bits per heavy atom. The molecule has 1 aromatic heterocycles.